The van der Waals surface area contributed by atoms with Gasteiger partial charge >= 0.3 is 5.97 Å². The Balaban J connectivity index is 2.22. The highest BCUT2D eigenvalue weighted by Gasteiger charge is 2.48. The van der Waals surface area contributed by atoms with Crippen molar-refractivity contribution in [1.29, 1.82) is 0 Å². The van der Waals surface area contributed by atoms with E-state index >= 15 is 0 Å². The molecule has 0 aliphatic carbocycles. The largest absolute Gasteiger partial charge is 0.480 e. The van der Waals surface area contributed by atoms with Gasteiger partial charge in [-0.05, 0) is 12.5 Å². The van der Waals surface area contributed by atoms with Crippen LogP contribution in [-0.4, -0.2) is 61.4 Å². The number of sulfone groups is 1. The number of hydrogen-bond donors (Lipinski definition) is 1. The van der Waals surface area contributed by atoms with Crippen molar-refractivity contribution in [2.75, 3.05) is 26.3 Å². The molecule has 8 heteroatoms. The number of amides is 1. The summed E-state index contributed by atoms with van der Waals surface area (Å²) in [5, 5.41) is 9.52. The molecule has 1 aliphatic rings. The van der Waals surface area contributed by atoms with Crippen LogP contribution >= 0.6 is 0 Å². The maximum absolute atomic E-state index is 12.7. The van der Waals surface area contributed by atoms with Crippen molar-refractivity contribution in [2.24, 2.45) is 0 Å². The average molecular weight is 355 g/mol. The minimum Gasteiger partial charge on any atom is -0.480 e. The number of carbonyl (C=O) groups is 2. The van der Waals surface area contributed by atoms with Crippen LogP contribution in [0.25, 0.3) is 0 Å². The third kappa shape index (κ3) is 3.93. The molecule has 7 nitrogen and oxygen atoms in total. The van der Waals surface area contributed by atoms with Crippen LogP contribution < -0.4 is 0 Å². The second-order valence-corrected chi connectivity index (χ2v) is 8.37. The summed E-state index contributed by atoms with van der Waals surface area (Å²) in [6.07, 6.45) is -0.586. The first-order valence-electron chi connectivity index (χ1n) is 7.61. The number of carboxylic acids is 1. The first-order valence-corrected chi connectivity index (χ1v) is 9.27. The number of carboxylic acid groups (broad SMARTS) is 1. The number of ether oxygens (including phenoxy) is 1. The SMILES string of the molecule is C[C@@](CC(=O)N1CCOCC1)(C(=O)O)S(=O)(=O)Cc1ccccc1. The lowest BCUT2D eigenvalue weighted by Crippen LogP contribution is -2.50. The Morgan fingerprint density at radius 3 is 2.33 bits per heavy atom. The highest BCUT2D eigenvalue weighted by Crippen LogP contribution is 2.27. The number of benzene rings is 1. The van der Waals surface area contributed by atoms with E-state index in [9.17, 15) is 23.1 Å². The molecule has 1 heterocycles. The van der Waals surface area contributed by atoms with Gasteiger partial charge in [-0.15, -0.1) is 0 Å². The molecule has 0 bridgehead atoms. The van der Waals surface area contributed by atoms with Gasteiger partial charge in [0.15, 0.2) is 14.6 Å². The third-order valence-electron chi connectivity index (χ3n) is 4.19. The molecule has 2 rings (SSSR count). The molecule has 1 N–H and O–H groups in total. The van der Waals surface area contributed by atoms with Crippen LogP contribution in [0.4, 0.5) is 0 Å². The second kappa shape index (κ2) is 7.31. The van der Waals surface area contributed by atoms with Gasteiger partial charge < -0.3 is 14.7 Å². The van der Waals surface area contributed by atoms with Crippen molar-refractivity contribution in [2.45, 2.75) is 23.8 Å². The number of hydrogen-bond acceptors (Lipinski definition) is 5. The maximum Gasteiger partial charge on any atom is 0.325 e. The Labute approximate surface area is 141 Å². The van der Waals surface area contributed by atoms with Gasteiger partial charge in [-0.3, -0.25) is 9.59 Å². The number of nitrogens with zero attached hydrogens (tertiary/aromatic N) is 1. The average Bonchev–Trinajstić information content (AvgIpc) is 2.55. The third-order valence-corrected chi connectivity index (χ3v) is 6.60. The molecule has 1 aliphatic heterocycles. The Kier molecular flexibility index (Phi) is 5.61. The summed E-state index contributed by atoms with van der Waals surface area (Å²) >= 11 is 0. The van der Waals surface area contributed by atoms with Crippen molar-refractivity contribution < 1.29 is 27.9 Å². The van der Waals surface area contributed by atoms with E-state index in [0.717, 1.165) is 6.92 Å². The zero-order valence-electron chi connectivity index (χ0n) is 13.5. The highest BCUT2D eigenvalue weighted by atomic mass is 32.2. The van der Waals surface area contributed by atoms with E-state index in [0.29, 0.717) is 31.9 Å². The quantitative estimate of drug-likeness (QED) is 0.806. The first-order chi connectivity index (χ1) is 11.3. The lowest BCUT2D eigenvalue weighted by Gasteiger charge is -2.31. The van der Waals surface area contributed by atoms with Gasteiger partial charge in [-0.2, -0.15) is 0 Å². The van der Waals surface area contributed by atoms with E-state index in [1.165, 1.54) is 4.90 Å². The van der Waals surface area contributed by atoms with Crippen LogP contribution in [-0.2, 0) is 29.9 Å². The first kappa shape index (κ1) is 18.4. The maximum atomic E-state index is 12.7. The highest BCUT2D eigenvalue weighted by molar-refractivity contribution is 7.92. The van der Waals surface area contributed by atoms with Crippen LogP contribution in [0.15, 0.2) is 30.3 Å². The van der Waals surface area contributed by atoms with E-state index in [1.54, 1.807) is 30.3 Å². The minimum absolute atomic E-state index is 0.341. The predicted molar refractivity (Wildman–Crippen MR) is 87.1 cm³/mol. The fourth-order valence-electron chi connectivity index (χ4n) is 2.48. The molecule has 0 unspecified atom stereocenters. The molecule has 1 amide bonds. The van der Waals surface area contributed by atoms with Crippen molar-refractivity contribution >= 4 is 21.7 Å². The molecule has 0 radical (unpaired) electrons. The van der Waals surface area contributed by atoms with Crippen LogP contribution in [0.5, 0.6) is 0 Å². The van der Waals surface area contributed by atoms with Crippen molar-refractivity contribution in [1.82, 2.24) is 4.90 Å². The van der Waals surface area contributed by atoms with Gasteiger partial charge in [0.1, 0.15) is 0 Å². The molecule has 1 fully saturated rings. The summed E-state index contributed by atoms with van der Waals surface area (Å²) in [7, 11) is -4.09. The normalized spacial score (nSPS) is 18.0. The predicted octanol–water partition coefficient (Wildman–Crippen LogP) is 0.694. The zero-order valence-corrected chi connectivity index (χ0v) is 14.3. The second-order valence-electron chi connectivity index (χ2n) is 5.95. The number of aliphatic carboxylic acids is 1. The Bertz CT molecular complexity index is 697. The summed E-state index contributed by atoms with van der Waals surface area (Å²) < 4.78 is 28.4. The van der Waals surface area contributed by atoms with Crippen LogP contribution in [0.3, 0.4) is 0 Å². The van der Waals surface area contributed by atoms with Gasteiger partial charge in [0.25, 0.3) is 0 Å². The van der Waals surface area contributed by atoms with E-state index in [4.69, 9.17) is 4.74 Å². The standard InChI is InChI=1S/C16H21NO6S/c1-16(15(19)20,11-14(18)17-7-9-23-10-8-17)24(21,22)12-13-5-3-2-4-6-13/h2-6H,7-12H2,1H3,(H,19,20)/t16-/m1/s1. The Hall–Kier alpha value is -1.93. The lowest BCUT2D eigenvalue weighted by molar-refractivity contribution is -0.145. The number of carbonyl (C=O) groups excluding carboxylic acids is 1. The number of morpholine rings is 1. The molecule has 0 aromatic heterocycles. The molecule has 0 saturated carbocycles. The Morgan fingerprint density at radius 1 is 1.21 bits per heavy atom. The summed E-state index contributed by atoms with van der Waals surface area (Å²) in [4.78, 5) is 25.5. The molecule has 0 spiro atoms. The fourth-order valence-corrected chi connectivity index (χ4v) is 4.04. The monoisotopic (exact) mass is 355 g/mol. The summed E-state index contributed by atoms with van der Waals surface area (Å²) in [6, 6.07) is 8.34. The topological polar surface area (TPSA) is 101 Å². The van der Waals surface area contributed by atoms with Crippen molar-refractivity contribution in [3.8, 4) is 0 Å². The molecule has 1 saturated heterocycles. The molecular formula is C16H21NO6S. The van der Waals surface area contributed by atoms with E-state index in [1.807, 2.05) is 0 Å². The van der Waals surface area contributed by atoms with E-state index in [-0.39, 0.29) is 0 Å². The van der Waals surface area contributed by atoms with Gasteiger partial charge in [0.2, 0.25) is 5.91 Å². The molecule has 1 aromatic carbocycles. The zero-order chi connectivity index (χ0) is 17.8. The van der Waals surface area contributed by atoms with Crippen LogP contribution in [0.2, 0.25) is 0 Å². The summed E-state index contributed by atoms with van der Waals surface area (Å²) in [6.45, 7) is 2.52. The van der Waals surface area contributed by atoms with E-state index < -0.39 is 38.6 Å². The van der Waals surface area contributed by atoms with Gasteiger partial charge in [-0.1, -0.05) is 30.3 Å². The van der Waals surface area contributed by atoms with Crippen molar-refractivity contribution in [3.05, 3.63) is 35.9 Å². The molecule has 1 atom stereocenters. The minimum atomic E-state index is -4.09. The number of rotatable bonds is 6. The smallest absolute Gasteiger partial charge is 0.325 e. The van der Waals surface area contributed by atoms with Crippen molar-refractivity contribution in [3.63, 3.8) is 0 Å². The van der Waals surface area contributed by atoms with Gasteiger partial charge in [0.05, 0.1) is 25.4 Å². The Morgan fingerprint density at radius 2 is 1.79 bits per heavy atom. The molecule has 24 heavy (non-hydrogen) atoms. The van der Waals surface area contributed by atoms with Gasteiger partial charge in [0, 0.05) is 13.1 Å². The van der Waals surface area contributed by atoms with E-state index in [2.05, 4.69) is 0 Å². The van der Waals surface area contributed by atoms with Crippen LogP contribution in [0, 0.1) is 0 Å². The fraction of sp³-hybridized carbons (Fsp3) is 0.500. The lowest BCUT2D eigenvalue weighted by atomic mass is 10.1. The summed E-state index contributed by atoms with van der Waals surface area (Å²) in [5.41, 5.74) is 0.490. The molecule has 1 aromatic rings. The van der Waals surface area contributed by atoms with Gasteiger partial charge in [-0.25, -0.2) is 8.42 Å². The summed E-state index contributed by atoms with van der Waals surface area (Å²) in [5.74, 6) is -2.42. The molecular weight excluding hydrogens is 334 g/mol. The molecule has 132 valence electrons. The van der Waals surface area contributed by atoms with Crippen LogP contribution in [0.1, 0.15) is 18.9 Å².